The first-order valence-electron chi connectivity index (χ1n) is 8.78. The van der Waals surface area contributed by atoms with Crippen molar-refractivity contribution in [2.75, 3.05) is 6.61 Å². The highest BCUT2D eigenvalue weighted by molar-refractivity contribution is 6.31. The molecule has 0 amide bonds. The number of ether oxygens (including phenoxy) is 2. The summed E-state index contributed by atoms with van der Waals surface area (Å²) in [6.45, 7) is 1.66. The Hall–Kier alpha value is -3.32. The van der Waals surface area contributed by atoms with Crippen LogP contribution in [-0.4, -0.2) is 12.6 Å². The average molecular weight is 416 g/mol. The van der Waals surface area contributed by atoms with Gasteiger partial charge in [-0.25, -0.2) is 14.0 Å². The normalized spacial score (nSPS) is 15.8. The van der Waals surface area contributed by atoms with Crippen LogP contribution in [-0.2, 0) is 9.53 Å². The van der Waals surface area contributed by atoms with Crippen molar-refractivity contribution in [3.63, 3.8) is 0 Å². The number of benzene rings is 2. The van der Waals surface area contributed by atoms with Gasteiger partial charge in [0.15, 0.2) is 5.75 Å². The molecule has 0 aliphatic carbocycles. The van der Waals surface area contributed by atoms with Crippen LogP contribution in [0.2, 0.25) is 5.02 Å². The van der Waals surface area contributed by atoms with Gasteiger partial charge in [-0.15, -0.1) is 0 Å². The van der Waals surface area contributed by atoms with Gasteiger partial charge in [-0.2, -0.15) is 0 Å². The van der Waals surface area contributed by atoms with Crippen molar-refractivity contribution in [3.8, 4) is 5.75 Å². The summed E-state index contributed by atoms with van der Waals surface area (Å²) in [4.78, 5) is 25.6. The third-order valence-corrected chi connectivity index (χ3v) is 4.97. The van der Waals surface area contributed by atoms with E-state index in [4.69, 9.17) is 31.2 Å². The van der Waals surface area contributed by atoms with Crippen LogP contribution in [0.1, 0.15) is 24.0 Å². The summed E-state index contributed by atoms with van der Waals surface area (Å²) in [7, 11) is 0. The van der Waals surface area contributed by atoms with Gasteiger partial charge < -0.3 is 19.6 Å². The molecule has 148 valence electrons. The monoisotopic (exact) mass is 415 g/mol. The lowest BCUT2D eigenvalue weighted by Crippen LogP contribution is -2.31. The SMILES string of the molecule is CCOC(=O)C1=C(N)Oc2c(c(=O)oc3ccccc23)[C@H]1c1c(F)cccc1Cl. The minimum Gasteiger partial charge on any atom is -0.462 e. The highest BCUT2D eigenvalue weighted by Gasteiger charge is 2.41. The van der Waals surface area contributed by atoms with Crippen molar-refractivity contribution < 1.29 is 23.1 Å². The molecule has 8 heteroatoms. The molecule has 2 N–H and O–H groups in total. The molecule has 1 atom stereocenters. The predicted octanol–water partition coefficient (Wildman–Crippen LogP) is 3.84. The van der Waals surface area contributed by atoms with E-state index in [0.717, 1.165) is 0 Å². The second-order valence-electron chi connectivity index (χ2n) is 6.30. The molecule has 0 radical (unpaired) electrons. The highest BCUT2D eigenvalue weighted by Crippen LogP contribution is 2.46. The number of para-hydroxylation sites is 1. The molecule has 0 unspecified atom stereocenters. The number of hydrogen-bond acceptors (Lipinski definition) is 6. The predicted molar refractivity (Wildman–Crippen MR) is 104 cm³/mol. The Kier molecular flexibility index (Phi) is 4.76. The van der Waals surface area contributed by atoms with E-state index >= 15 is 0 Å². The summed E-state index contributed by atoms with van der Waals surface area (Å²) in [6, 6.07) is 10.7. The fourth-order valence-corrected chi connectivity index (χ4v) is 3.72. The Balaban J connectivity index is 2.10. The third-order valence-electron chi connectivity index (χ3n) is 4.64. The lowest BCUT2D eigenvalue weighted by atomic mass is 9.83. The summed E-state index contributed by atoms with van der Waals surface area (Å²) in [5.41, 5.74) is 5.14. The maximum Gasteiger partial charge on any atom is 0.344 e. The zero-order chi connectivity index (χ0) is 20.7. The van der Waals surface area contributed by atoms with Crippen molar-refractivity contribution in [2.45, 2.75) is 12.8 Å². The van der Waals surface area contributed by atoms with Crippen molar-refractivity contribution >= 4 is 28.5 Å². The van der Waals surface area contributed by atoms with E-state index in [9.17, 15) is 14.0 Å². The van der Waals surface area contributed by atoms with E-state index in [2.05, 4.69) is 0 Å². The Morgan fingerprint density at radius 3 is 2.69 bits per heavy atom. The maximum atomic E-state index is 14.9. The van der Waals surface area contributed by atoms with E-state index < -0.39 is 23.3 Å². The minimum absolute atomic E-state index is 0.0185. The van der Waals surface area contributed by atoms with E-state index in [1.165, 1.54) is 18.2 Å². The molecule has 2 heterocycles. The molecule has 6 nitrogen and oxygen atoms in total. The minimum atomic E-state index is -1.26. The molecule has 0 spiro atoms. The molecule has 0 bridgehead atoms. The average Bonchev–Trinajstić information content (AvgIpc) is 2.67. The van der Waals surface area contributed by atoms with Crippen LogP contribution >= 0.6 is 11.6 Å². The van der Waals surface area contributed by atoms with Crippen LogP contribution in [0.5, 0.6) is 5.75 Å². The Morgan fingerprint density at radius 1 is 1.21 bits per heavy atom. The fraction of sp³-hybridized carbons (Fsp3) is 0.143. The fourth-order valence-electron chi connectivity index (χ4n) is 3.45. The smallest absolute Gasteiger partial charge is 0.344 e. The molecular weight excluding hydrogens is 401 g/mol. The zero-order valence-electron chi connectivity index (χ0n) is 15.2. The van der Waals surface area contributed by atoms with Crippen LogP contribution in [0, 0.1) is 5.82 Å². The number of halogens is 2. The first-order chi connectivity index (χ1) is 13.9. The van der Waals surface area contributed by atoms with Crippen LogP contribution in [0.15, 0.2) is 63.1 Å². The molecule has 1 aliphatic rings. The van der Waals surface area contributed by atoms with Gasteiger partial charge in [-0.05, 0) is 31.2 Å². The summed E-state index contributed by atoms with van der Waals surface area (Å²) >= 11 is 6.27. The third kappa shape index (κ3) is 3.03. The summed E-state index contributed by atoms with van der Waals surface area (Å²) in [6.07, 6.45) is 0. The summed E-state index contributed by atoms with van der Waals surface area (Å²) < 4.78 is 31.0. The zero-order valence-corrected chi connectivity index (χ0v) is 16.0. The van der Waals surface area contributed by atoms with E-state index in [-0.39, 0.29) is 45.5 Å². The van der Waals surface area contributed by atoms with Crippen LogP contribution in [0.4, 0.5) is 4.39 Å². The van der Waals surface area contributed by atoms with Gasteiger partial charge in [0, 0.05) is 10.6 Å². The van der Waals surface area contributed by atoms with Crippen LogP contribution in [0.3, 0.4) is 0 Å². The van der Waals surface area contributed by atoms with Gasteiger partial charge in [-0.3, -0.25) is 0 Å². The Labute approximate surface area is 169 Å². The number of carbonyl (C=O) groups excluding carboxylic acids is 1. The lowest BCUT2D eigenvalue weighted by Gasteiger charge is -2.28. The molecule has 29 heavy (non-hydrogen) atoms. The van der Waals surface area contributed by atoms with Gasteiger partial charge in [0.1, 0.15) is 17.0 Å². The molecule has 1 aromatic heterocycles. The number of carbonyl (C=O) groups is 1. The van der Waals surface area contributed by atoms with Crippen LogP contribution < -0.4 is 16.1 Å². The van der Waals surface area contributed by atoms with Gasteiger partial charge in [0.25, 0.3) is 0 Å². The number of esters is 1. The first-order valence-corrected chi connectivity index (χ1v) is 9.16. The van der Waals surface area contributed by atoms with Gasteiger partial charge in [0.2, 0.25) is 5.88 Å². The lowest BCUT2D eigenvalue weighted by molar-refractivity contribution is -0.139. The Bertz CT molecular complexity index is 1210. The van der Waals surface area contributed by atoms with Crippen molar-refractivity contribution in [1.82, 2.24) is 0 Å². The number of hydrogen-bond donors (Lipinski definition) is 1. The number of fused-ring (bicyclic) bond motifs is 3. The van der Waals surface area contributed by atoms with Gasteiger partial charge >= 0.3 is 11.6 Å². The quantitative estimate of drug-likeness (QED) is 0.516. The maximum absolute atomic E-state index is 14.9. The molecule has 2 aromatic carbocycles. The van der Waals surface area contributed by atoms with Crippen molar-refractivity contribution in [1.29, 1.82) is 0 Å². The molecular formula is C21H15ClFNO5. The second kappa shape index (κ2) is 7.25. The molecule has 1 aliphatic heterocycles. The molecule has 4 rings (SSSR count). The van der Waals surface area contributed by atoms with E-state index in [1.54, 1.807) is 31.2 Å². The highest BCUT2D eigenvalue weighted by atomic mass is 35.5. The number of nitrogens with two attached hydrogens (primary N) is 1. The van der Waals surface area contributed by atoms with Gasteiger partial charge in [0.05, 0.1) is 23.5 Å². The van der Waals surface area contributed by atoms with Crippen molar-refractivity contribution in [3.05, 3.63) is 86.3 Å². The topological polar surface area (TPSA) is 91.8 Å². The van der Waals surface area contributed by atoms with E-state index in [0.29, 0.717) is 5.39 Å². The summed E-state index contributed by atoms with van der Waals surface area (Å²) in [5.74, 6) is -3.01. The molecule has 0 fully saturated rings. The van der Waals surface area contributed by atoms with E-state index in [1.807, 2.05) is 0 Å². The van der Waals surface area contributed by atoms with Crippen molar-refractivity contribution in [2.24, 2.45) is 5.73 Å². The molecule has 3 aromatic rings. The second-order valence-corrected chi connectivity index (χ2v) is 6.70. The molecule has 0 saturated carbocycles. The van der Waals surface area contributed by atoms with Gasteiger partial charge in [-0.1, -0.05) is 29.8 Å². The standard InChI is InChI=1S/C21H15ClFNO5/c1-2-27-20(25)17-15(14-11(22)7-5-8-12(14)23)16-18(29-19(17)24)10-6-3-4-9-13(10)28-21(16)26/h3-9,15H,2,24H2,1H3/t15-/m1/s1. The first kappa shape index (κ1) is 19.0. The van der Waals surface area contributed by atoms with Crippen LogP contribution in [0.25, 0.3) is 11.0 Å². The number of rotatable bonds is 3. The molecule has 0 saturated heterocycles. The Morgan fingerprint density at radius 2 is 1.97 bits per heavy atom. The summed E-state index contributed by atoms with van der Waals surface area (Å²) in [5, 5.41) is 0.468. The largest absolute Gasteiger partial charge is 0.462 e.